The molecule has 0 bridgehead atoms. The van der Waals surface area contributed by atoms with Gasteiger partial charge in [-0.2, -0.15) is 0 Å². The zero-order chi connectivity index (χ0) is 14.5. The van der Waals surface area contributed by atoms with E-state index in [2.05, 4.69) is 23.6 Å². The molecule has 1 fully saturated rings. The van der Waals surface area contributed by atoms with Crippen LogP contribution in [0.25, 0.3) is 0 Å². The number of aliphatic carboxylic acids is 1. The molecule has 112 valence electrons. The predicted molar refractivity (Wildman–Crippen MR) is 75.4 cm³/mol. The summed E-state index contributed by atoms with van der Waals surface area (Å²) in [5.74, 6) is -0.747. The van der Waals surface area contributed by atoms with E-state index in [9.17, 15) is 4.79 Å². The van der Waals surface area contributed by atoms with Crippen molar-refractivity contribution < 1.29 is 14.6 Å². The topological polar surface area (TPSA) is 53.0 Å². The van der Waals surface area contributed by atoms with Gasteiger partial charge in [0, 0.05) is 25.7 Å². The predicted octanol–water partition coefficient (Wildman–Crippen LogP) is 1.28. The second-order valence-electron chi connectivity index (χ2n) is 5.97. The summed E-state index contributed by atoms with van der Waals surface area (Å²) in [6.45, 7) is 6.79. The van der Waals surface area contributed by atoms with Gasteiger partial charge in [-0.25, -0.2) is 0 Å². The molecule has 2 unspecified atom stereocenters. The lowest BCUT2D eigenvalue weighted by atomic mass is 9.89. The van der Waals surface area contributed by atoms with Crippen LogP contribution in [0.1, 0.15) is 33.1 Å². The molecule has 5 heteroatoms. The second kappa shape index (κ2) is 7.22. The molecule has 0 radical (unpaired) electrons. The lowest BCUT2D eigenvalue weighted by molar-refractivity contribution is -0.141. The molecular weight excluding hydrogens is 244 g/mol. The number of hydrogen-bond donors (Lipinski definition) is 1. The first-order valence-electron chi connectivity index (χ1n) is 7.11. The fourth-order valence-electron chi connectivity index (χ4n) is 2.55. The molecule has 1 saturated heterocycles. The van der Waals surface area contributed by atoms with Crippen molar-refractivity contribution in [3.63, 3.8) is 0 Å². The van der Waals surface area contributed by atoms with Gasteiger partial charge in [-0.15, -0.1) is 0 Å². The molecule has 0 aromatic heterocycles. The van der Waals surface area contributed by atoms with E-state index in [1.54, 1.807) is 0 Å². The van der Waals surface area contributed by atoms with E-state index in [1.807, 2.05) is 14.1 Å². The smallest absolute Gasteiger partial charge is 0.317 e. The van der Waals surface area contributed by atoms with Crippen molar-refractivity contribution in [2.45, 2.75) is 44.8 Å². The molecule has 1 heterocycles. The molecule has 0 aromatic rings. The van der Waals surface area contributed by atoms with Crippen LogP contribution >= 0.6 is 0 Å². The fourth-order valence-corrected chi connectivity index (χ4v) is 2.55. The van der Waals surface area contributed by atoms with E-state index >= 15 is 0 Å². The SMILES string of the molecule is CCC1(C)CC(N(CCN(C)C)CC(=O)O)CCO1. The van der Waals surface area contributed by atoms with Crippen molar-refractivity contribution >= 4 is 5.97 Å². The van der Waals surface area contributed by atoms with Crippen LogP contribution in [0.15, 0.2) is 0 Å². The molecule has 1 aliphatic rings. The molecule has 0 saturated carbocycles. The van der Waals surface area contributed by atoms with Crippen molar-refractivity contribution in [2.24, 2.45) is 0 Å². The number of likely N-dealkylation sites (N-methyl/N-ethyl adjacent to an activating group) is 1. The first kappa shape index (κ1) is 16.4. The Hall–Kier alpha value is -0.650. The number of carboxylic acids is 1. The highest BCUT2D eigenvalue weighted by atomic mass is 16.5. The van der Waals surface area contributed by atoms with Crippen molar-refractivity contribution in [1.29, 1.82) is 0 Å². The van der Waals surface area contributed by atoms with Gasteiger partial charge >= 0.3 is 5.97 Å². The highest BCUT2D eigenvalue weighted by Gasteiger charge is 2.34. The Morgan fingerprint density at radius 2 is 2.11 bits per heavy atom. The van der Waals surface area contributed by atoms with E-state index in [1.165, 1.54) is 0 Å². The number of rotatable bonds is 7. The third-order valence-electron chi connectivity index (χ3n) is 4.01. The lowest BCUT2D eigenvalue weighted by Gasteiger charge is -2.42. The standard InChI is InChI=1S/C14H28N2O3/c1-5-14(2)10-12(6-9-19-14)16(11-13(17)18)8-7-15(3)4/h12H,5-11H2,1-4H3,(H,17,18). The van der Waals surface area contributed by atoms with Crippen molar-refractivity contribution in [3.8, 4) is 0 Å². The quantitative estimate of drug-likeness (QED) is 0.756. The number of hydrogen-bond acceptors (Lipinski definition) is 4. The molecule has 0 amide bonds. The number of carbonyl (C=O) groups is 1. The molecule has 19 heavy (non-hydrogen) atoms. The Balaban J connectivity index is 2.64. The molecule has 5 nitrogen and oxygen atoms in total. The fraction of sp³-hybridized carbons (Fsp3) is 0.929. The molecule has 1 aliphatic heterocycles. The molecule has 0 spiro atoms. The summed E-state index contributed by atoms with van der Waals surface area (Å²) < 4.78 is 5.84. The van der Waals surface area contributed by atoms with Gasteiger partial charge in [0.25, 0.3) is 0 Å². The van der Waals surface area contributed by atoms with Gasteiger partial charge < -0.3 is 14.7 Å². The van der Waals surface area contributed by atoms with Crippen molar-refractivity contribution in [1.82, 2.24) is 9.80 Å². The van der Waals surface area contributed by atoms with Crippen LogP contribution in [0.5, 0.6) is 0 Å². The van der Waals surface area contributed by atoms with E-state index in [-0.39, 0.29) is 12.1 Å². The number of carboxylic acid groups (broad SMARTS) is 1. The average Bonchev–Trinajstić information content (AvgIpc) is 2.34. The van der Waals surface area contributed by atoms with Crippen LogP contribution < -0.4 is 0 Å². The molecule has 0 aromatic carbocycles. The van der Waals surface area contributed by atoms with Gasteiger partial charge in [-0.05, 0) is 40.3 Å². The van der Waals surface area contributed by atoms with Crippen molar-refractivity contribution in [3.05, 3.63) is 0 Å². The lowest BCUT2D eigenvalue weighted by Crippen LogP contribution is -2.50. The monoisotopic (exact) mass is 272 g/mol. The normalized spacial score (nSPS) is 28.0. The van der Waals surface area contributed by atoms with Crippen LogP contribution in [-0.2, 0) is 9.53 Å². The summed E-state index contributed by atoms with van der Waals surface area (Å²) in [6, 6.07) is 0.315. The maximum atomic E-state index is 11.0. The summed E-state index contributed by atoms with van der Waals surface area (Å²) in [5, 5.41) is 9.08. The van der Waals surface area contributed by atoms with Crippen LogP contribution in [0.2, 0.25) is 0 Å². The number of ether oxygens (including phenoxy) is 1. The summed E-state index contributed by atoms with van der Waals surface area (Å²) in [5.41, 5.74) is -0.0994. The van der Waals surface area contributed by atoms with Gasteiger partial charge in [-0.3, -0.25) is 9.69 Å². The average molecular weight is 272 g/mol. The summed E-state index contributed by atoms with van der Waals surface area (Å²) in [7, 11) is 4.03. The summed E-state index contributed by atoms with van der Waals surface area (Å²) in [4.78, 5) is 15.2. The van der Waals surface area contributed by atoms with Gasteiger partial charge in [0.1, 0.15) is 0 Å². The Labute approximate surface area is 116 Å². The van der Waals surface area contributed by atoms with E-state index < -0.39 is 5.97 Å². The van der Waals surface area contributed by atoms with Gasteiger partial charge in [0.2, 0.25) is 0 Å². The van der Waals surface area contributed by atoms with Gasteiger partial charge in [0.15, 0.2) is 0 Å². The Morgan fingerprint density at radius 3 is 2.63 bits per heavy atom. The Bertz CT molecular complexity index is 296. The van der Waals surface area contributed by atoms with Crippen molar-refractivity contribution in [2.75, 3.05) is 40.3 Å². The zero-order valence-corrected chi connectivity index (χ0v) is 12.7. The minimum absolute atomic E-state index is 0.0994. The van der Waals surface area contributed by atoms with Crippen LogP contribution in [-0.4, -0.2) is 72.9 Å². The Morgan fingerprint density at radius 1 is 1.42 bits per heavy atom. The minimum Gasteiger partial charge on any atom is -0.480 e. The van der Waals surface area contributed by atoms with E-state index in [0.717, 1.165) is 39.0 Å². The van der Waals surface area contributed by atoms with Crippen LogP contribution in [0, 0.1) is 0 Å². The van der Waals surface area contributed by atoms with E-state index in [4.69, 9.17) is 9.84 Å². The highest BCUT2D eigenvalue weighted by molar-refractivity contribution is 5.69. The molecular formula is C14H28N2O3. The minimum atomic E-state index is -0.747. The summed E-state index contributed by atoms with van der Waals surface area (Å²) >= 11 is 0. The zero-order valence-electron chi connectivity index (χ0n) is 12.7. The third-order valence-corrected chi connectivity index (χ3v) is 4.01. The van der Waals surface area contributed by atoms with E-state index in [0.29, 0.717) is 6.04 Å². The Kier molecular flexibility index (Phi) is 6.23. The molecule has 0 aliphatic carbocycles. The first-order chi connectivity index (χ1) is 8.86. The van der Waals surface area contributed by atoms with Gasteiger partial charge in [0.05, 0.1) is 12.1 Å². The third kappa shape index (κ3) is 5.47. The van der Waals surface area contributed by atoms with Crippen LogP contribution in [0.4, 0.5) is 0 Å². The summed E-state index contributed by atoms with van der Waals surface area (Å²) in [6.07, 6.45) is 2.82. The van der Waals surface area contributed by atoms with Crippen LogP contribution in [0.3, 0.4) is 0 Å². The maximum absolute atomic E-state index is 11.0. The highest BCUT2D eigenvalue weighted by Crippen LogP contribution is 2.30. The largest absolute Gasteiger partial charge is 0.480 e. The number of nitrogens with zero attached hydrogens (tertiary/aromatic N) is 2. The molecule has 1 N–H and O–H groups in total. The first-order valence-corrected chi connectivity index (χ1v) is 7.11. The molecule has 2 atom stereocenters. The molecule has 1 rings (SSSR count). The van der Waals surface area contributed by atoms with Gasteiger partial charge in [-0.1, -0.05) is 6.92 Å². The maximum Gasteiger partial charge on any atom is 0.317 e. The second-order valence-corrected chi connectivity index (χ2v) is 5.97.